The topological polar surface area (TPSA) is 60.5 Å². The van der Waals surface area contributed by atoms with E-state index < -0.39 is 0 Å². The number of thiazole rings is 1. The smallest absolute Gasteiger partial charge is 0.263 e. The van der Waals surface area contributed by atoms with E-state index in [4.69, 9.17) is 9.47 Å². The second-order valence-corrected chi connectivity index (χ2v) is 5.86. The lowest BCUT2D eigenvalue weighted by molar-refractivity contribution is 0.0957. The standard InChI is InChI=1S/C16H20N2O3S/c1-11-15(22-14(18-11)10-20-2)16(19)17-9-8-12-6-4-5-7-13(12)21-3/h4-7H,8-10H2,1-3H3,(H,17,19). The summed E-state index contributed by atoms with van der Waals surface area (Å²) in [5.74, 6) is 0.750. The molecule has 1 aromatic heterocycles. The molecule has 0 atom stereocenters. The van der Waals surface area contributed by atoms with Gasteiger partial charge >= 0.3 is 0 Å². The van der Waals surface area contributed by atoms with Crippen molar-refractivity contribution in [1.29, 1.82) is 0 Å². The van der Waals surface area contributed by atoms with E-state index in [1.807, 2.05) is 31.2 Å². The number of nitrogens with zero attached hydrogens (tertiary/aromatic N) is 1. The Labute approximate surface area is 134 Å². The average molecular weight is 320 g/mol. The first-order valence-corrected chi connectivity index (χ1v) is 7.82. The lowest BCUT2D eigenvalue weighted by Gasteiger charge is -2.08. The van der Waals surface area contributed by atoms with Gasteiger partial charge in [-0.15, -0.1) is 11.3 Å². The number of aromatic nitrogens is 1. The molecule has 1 N–H and O–H groups in total. The highest BCUT2D eigenvalue weighted by Crippen LogP contribution is 2.19. The Morgan fingerprint density at radius 3 is 2.82 bits per heavy atom. The zero-order chi connectivity index (χ0) is 15.9. The van der Waals surface area contributed by atoms with Gasteiger partial charge in [0.05, 0.1) is 19.4 Å². The molecule has 1 amide bonds. The van der Waals surface area contributed by atoms with Crippen LogP contribution in [-0.2, 0) is 17.8 Å². The van der Waals surface area contributed by atoms with Crippen LogP contribution in [0.25, 0.3) is 0 Å². The average Bonchev–Trinajstić information content (AvgIpc) is 2.89. The summed E-state index contributed by atoms with van der Waals surface area (Å²) in [7, 11) is 3.26. The monoisotopic (exact) mass is 320 g/mol. The van der Waals surface area contributed by atoms with Crippen molar-refractivity contribution in [3.63, 3.8) is 0 Å². The minimum atomic E-state index is -0.0905. The fourth-order valence-electron chi connectivity index (χ4n) is 2.15. The molecule has 0 radical (unpaired) electrons. The maximum atomic E-state index is 12.2. The highest BCUT2D eigenvalue weighted by Gasteiger charge is 2.15. The molecule has 5 nitrogen and oxygen atoms in total. The number of nitrogens with one attached hydrogen (secondary N) is 1. The van der Waals surface area contributed by atoms with E-state index in [9.17, 15) is 4.79 Å². The molecule has 0 aliphatic rings. The predicted molar refractivity (Wildman–Crippen MR) is 86.6 cm³/mol. The van der Waals surface area contributed by atoms with Gasteiger partial charge in [0, 0.05) is 13.7 Å². The van der Waals surface area contributed by atoms with Gasteiger partial charge in [0.15, 0.2) is 0 Å². The largest absolute Gasteiger partial charge is 0.496 e. The summed E-state index contributed by atoms with van der Waals surface area (Å²) in [5.41, 5.74) is 1.82. The Hall–Kier alpha value is -1.92. The Kier molecular flexibility index (Phi) is 5.91. The van der Waals surface area contributed by atoms with Gasteiger partial charge in [-0.3, -0.25) is 4.79 Å². The molecular weight excluding hydrogens is 300 g/mol. The molecule has 0 aliphatic heterocycles. The third-order valence-corrected chi connectivity index (χ3v) is 4.32. The van der Waals surface area contributed by atoms with E-state index in [0.29, 0.717) is 18.0 Å². The van der Waals surface area contributed by atoms with Gasteiger partial charge < -0.3 is 14.8 Å². The highest BCUT2D eigenvalue weighted by atomic mass is 32.1. The number of carbonyl (C=O) groups excluding carboxylic acids is 1. The number of ether oxygens (including phenoxy) is 2. The molecule has 22 heavy (non-hydrogen) atoms. The molecule has 118 valence electrons. The van der Waals surface area contributed by atoms with E-state index >= 15 is 0 Å². The number of aryl methyl sites for hydroxylation is 1. The predicted octanol–water partition coefficient (Wildman–Crippen LogP) is 2.58. The van der Waals surface area contributed by atoms with Crippen molar-refractivity contribution in [2.45, 2.75) is 20.0 Å². The van der Waals surface area contributed by atoms with Crippen molar-refractivity contribution in [2.75, 3.05) is 20.8 Å². The molecular formula is C16H20N2O3S. The van der Waals surface area contributed by atoms with Gasteiger partial charge in [-0.2, -0.15) is 0 Å². The van der Waals surface area contributed by atoms with Gasteiger partial charge in [-0.25, -0.2) is 4.98 Å². The van der Waals surface area contributed by atoms with Gasteiger partial charge in [-0.1, -0.05) is 18.2 Å². The molecule has 1 heterocycles. The van der Waals surface area contributed by atoms with Crippen LogP contribution in [0.5, 0.6) is 5.75 Å². The third-order valence-electron chi connectivity index (χ3n) is 3.19. The third kappa shape index (κ3) is 4.05. The summed E-state index contributed by atoms with van der Waals surface area (Å²) in [6, 6.07) is 7.81. The summed E-state index contributed by atoms with van der Waals surface area (Å²) in [6.07, 6.45) is 0.721. The number of amides is 1. The molecule has 0 unspecified atom stereocenters. The molecule has 1 aromatic carbocycles. The zero-order valence-electron chi connectivity index (χ0n) is 13.0. The van der Waals surface area contributed by atoms with Crippen LogP contribution in [0.4, 0.5) is 0 Å². The van der Waals surface area contributed by atoms with Crippen LogP contribution >= 0.6 is 11.3 Å². The summed E-state index contributed by atoms with van der Waals surface area (Å²) in [6.45, 7) is 2.82. The minimum Gasteiger partial charge on any atom is -0.496 e. The fraction of sp³-hybridized carbons (Fsp3) is 0.375. The Balaban J connectivity index is 1.93. The van der Waals surface area contributed by atoms with Crippen LogP contribution in [0, 0.1) is 6.92 Å². The minimum absolute atomic E-state index is 0.0905. The number of methoxy groups -OCH3 is 2. The van der Waals surface area contributed by atoms with Crippen LogP contribution < -0.4 is 10.1 Å². The van der Waals surface area contributed by atoms with Gasteiger partial charge in [0.25, 0.3) is 5.91 Å². The van der Waals surface area contributed by atoms with Crippen LogP contribution in [0.3, 0.4) is 0 Å². The second kappa shape index (κ2) is 7.91. The molecule has 2 aromatic rings. The van der Waals surface area contributed by atoms with E-state index in [1.165, 1.54) is 11.3 Å². The molecule has 0 saturated carbocycles. The summed E-state index contributed by atoms with van der Waals surface area (Å²) in [5, 5.41) is 3.74. The van der Waals surface area contributed by atoms with Crippen LogP contribution in [0.15, 0.2) is 24.3 Å². The molecule has 2 rings (SSSR count). The molecule has 6 heteroatoms. The SMILES string of the molecule is COCc1nc(C)c(C(=O)NCCc2ccccc2OC)s1. The van der Waals surface area contributed by atoms with Gasteiger partial charge in [0.1, 0.15) is 15.6 Å². The quantitative estimate of drug-likeness (QED) is 0.852. The molecule has 0 saturated heterocycles. The Morgan fingerprint density at radius 1 is 1.32 bits per heavy atom. The van der Waals surface area contributed by atoms with E-state index in [-0.39, 0.29) is 5.91 Å². The summed E-state index contributed by atoms with van der Waals surface area (Å²) < 4.78 is 10.3. The van der Waals surface area contributed by atoms with Gasteiger partial charge in [0.2, 0.25) is 0 Å². The molecule has 0 bridgehead atoms. The lowest BCUT2D eigenvalue weighted by Crippen LogP contribution is -2.25. The number of para-hydroxylation sites is 1. The van der Waals surface area contributed by atoms with Crippen molar-refractivity contribution >= 4 is 17.2 Å². The first-order chi connectivity index (χ1) is 10.7. The number of hydrogen-bond acceptors (Lipinski definition) is 5. The summed E-state index contributed by atoms with van der Waals surface area (Å²) >= 11 is 1.37. The second-order valence-electron chi connectivity index (χ2n) is 4.77. The van der Waals surface area contributed by atoms with Crippen molar-refractivity contribution in [3.8, 4) is 5.75 Å². The molecule has 0 fully saturated rings. The van der Waals surface area contributed by atoms with E-state index in [0.717, 1.165) is 28.4 Å². The zero-order valence-corrected chi connectivity index (χ0v) is 13.8. The van der Waals surface area contributed by atoms with E-state index in [2.05, 4.69) is 10.3 Å². The van der Waals surface area contributed by atoms with Crippen LogP contribution in [0.2, 0.25) is 0 Å². The number of benzene rings is 1. The van der Waals surface area contributed by atoms with Gasteiger partial charge in [-0.05, 0) is 25.0 Å². The first kappa shape index (κ1) is 16.5. The number of rotatable bonds is 7. The normalized spacial score (nSPS) is 10.5. The van der Waals surface area contributed by atoms with Crippen LogP contribution in [-0.4, -0.2) is 31.7 Å². The van der Waals surface area contributed by atoms with Crippen molar-refractivity contribution < 1.29 is 14.3 Å². The number of carbonyl (C=O) groups is 1. The maximum absolute atomic E-state index is 12.2. The summed E-state index contributed by atoms with van der Waals surface area (Å²) in [4.78, 5) is 17.2. The Bertz CT molecular complexity index is 640. The van der Waals surface area contributed by atoms with Crippen LogP contribution in [0.1, 0.15) is 25.9 Å². The highest BCUT2D eigenvalue weighted by molar-refractivity contribution is 7.13. The molecule has 0 aliphatic carbocycles. The number of hydrogen-bond donors (Lipinski definition) is 1. The fourth-order valence-corrected chi connectivity index (χ4v) is 3.10. The lowest BCUT2D eigenvalue weighted by atomic mass is 10.1. The van der Waals surface area contributed by atoms with Crippen molar-refractivity contribution in [2.24, 2.45) is 0 Å². The maximum Gasteiger partial charge on any atom is 0.263 e. The van der Waals surface area contributed by atoms with Crippen molar-refractivity contribution in [3.05, 3.63) is 45.4 Å². The Morgan fingerprint density at radius 2 is 2.09 bits per heavy atom. The van der Waals surface area contributed by atoms with E-state index in [1.54, 1.807) is 14.2 Å². The first-order valence-electron chi connectivity index (χ1n) is 7.01. The molecule has 0 spiro atoms. The van der Waals surface area contributed by atoms with Crippen molar-refractivity contribution in [1.82, 2.24) is 10.3 Å².